The fraction of sp³-hybridized carbons (Fsp3) is 0.125. The van der Waals surface area contributed by atoms with Crippen LogP contribution in [0.3, 0.4) is 0 Å². The predicted molar refractivity (Wildman–Crippen MR) is 121 cm³/mol. The van der Waals surface area contributed by atoms with E-state index < -0.39 is 10.8 Å². The van der Waals surface area contributed by atoms with Crippen LogP contribution in [0.15, 0.2) is 72.4 Å². The van der Waals surface area contributed by atoms with E-state index in [-0.39, 0.29) is 23.2 Å². The molecule has 0 unspecified atom stereocenters. The van der Waals surface area contributed by atoms with Gasteiger partial charge in [0.25, 0.3) is 11.6 Å². The summed E-state index contributed by atoms with van der Waals surface area (Å²) in [7, 11) is 1.44. The summed E-state index contributed by atoms with van der Waals surface area (Å²) in [6, 6.07) is 18.6. The minimum Gasteiger partial charge on any atom is -0.493 e. The number of ether oxygens (including phenoxy) is 2. The van der Waals surface area contributed by atoms with Crippen molar-refractivity contribution in [2.75, 3.05) is 7.11 Å². The summed E-state index contributed by atoms with van der Waals surface area (Å²) in [6.07, 6.45) is 2.54. The molecule has 0 radical (unpaired) electrons. The number of hydrogen-bond donors (Lipinski definition) is 1. The van der Waals surface area contributed by atoms with E-state index in [1.54, 1.807) is 18.2 Å². The normalized spacial score (nSPS) is 11.7. The van der Waals surface area contributed by atoms with Crippen LogP contribution in [0.5, 0.6) is 17.4 Å². The summed E-state index contributed by atoms with van der Waals surface area (Å²) in [6.45, 7) is 1.84. The monoisotopic (exact) mass is 444 g/mol. The van der Waals surface area contributed by atoms with Crippen LogP contribution in [-0.4, -0.2) is 22.9 Å². The minimum absolute atomic E-state index is 0.0643. The first-order chi connectivity index (χ1) is 15.9. The summed E-state index contributed by atoms with van der Waals surface area (Å²) in [5.74, 6) is 0.299. The van der Waals surface area contributed by atoms with Crippen LogP contribution in [0.25, 0.3) is 6.08 Å². The zero-order chi connectivity index (χ0) is 23.8. The SMILES string of the molecule is COc1cc(/C=C(/C#N)C(=O)N[C@@H](C)c2ccccc2)ccc1Oc1ccc([N+](=O)[O-])cn1. The number of nitriles is 1. The van der Waals surface area contributed by atoms with Crippen molar-refractivity contribution >= 4 is 17.7 Å². The van der Waals surface area contributed by atoms with Crippen LogP contribution in [0.4, 0.5) is 5.69 Å². The lowest BCUT2D eigenvalue weighted by Crippen LogP contribution is -2.27. The van der Waals surface area contributed by atoms with Gasteiger partial charge < -0.3 is 14.8 Å². The molecule has 0 aliphatic heterocycles. The van der Waals surface area contributed by atoms with Gasteiger partial charge in [-0.05, 0) is 36.3 Å². The number of amides is 1. The molecule has 0 fully saturated rings. The van der Waals surface area contributed by atoms with Crippen LogP contribution in [-0.2, 0) is 4.79 Å². The van der Waals surface area contributed by atoms with Crippen LogP contribution < -0.4 is 14.8 Å². The largest absolute Gasteiger partial charge is 0.493 e. The standard InChI is InChI=1S/C24H20N4O5/c1-16(18-6-4-3-5-7-18)27-24(29)19(14-25)12-17-8-10-21(22(13-17)32-2)33-23-11-9-20(15-26-23)28(30)31/h3-13,15-16H,1-2H3,(H,27,29)/b19-12-/t16-/m0/s1. The molecule has 1 aromatic heterocycles. The molecule has 9 heteroatoms. The second kappa shape index (κ2) is 10.5. The van der Waals surface area contributed by atoms with Gasteiger partial charge >= 0.3 is 0 Å². The Kier molecular flexibility index (Phi) is 7.34. The average molecular weight is 444 g/mol. The molecule has 1 amide bonds. The lowest BCUT2D eigenvalue weighted by atomic mass is 10.1. The Bertz CT molecular complexity index is 1220. The number of nitro groups is 1. The number of rotatable bonds is 8. The molecular formula is C24H20N4O5. The first kappa shape index (κ1) is 23.0. The summed E-state index contributed by atoms with van der Waals surface area (Å²) in [5.41, 5.74) is 1.25. The molecule has 1 heterocycles. The number of pyridine rings is 1. The number of nitrogens with zero attached hydrogens (tertiary/aromatic N) is 3. The van der Waals surface area contributed by atoms with Gasteiger partial charge in [-0.3, -0.25) is 14.9 Å². The predicted octanol–water partition coefficient (Wildman–Crippen LogP) is 4.58. The van der Waals surface area contributed by atoms with Gasteiger partial charge in [-0.1, -0.05) is 36.4 Å². The molecule has 0 aliphatic rings. The summed E-state index contributed by atoms with van der Waals surface area (Å²) < 4.78 is 11.0. The van der Waals surface area contributed by atoms with Gasteiger partial charge in [-0.15, -0.1) is 0 Å². The highest BCUT2D eigenvalue weighted by molar-refractivity contribution is 6.01. The Morgan fingerprint density at radius 2 is 1.94 bits per heavy atom. The number of benzene rings is 2. The second-order valence-electron chi connectivity index (χ2n) is 6.90. The minimum atomic E-state index is -0.554. The third-order valence-corrected chi connectivity index (χ3v) is 4.66. The highest BCUT2D eigenvalue weighted by Crippen LogP contribution is 2.32. The number of carbonyl (C=O) groups excluding carboxylic acids is 1. The maximum absolute atomic E-state index is 12.6. The van der Waals surface area contributed by atoms with E-state index in [9.17, 15) is 20.2 Å². The van der Waals surface area contributed by atoms with Crippen molar-refractivity contribution in [3.8, 4) is 23.4 Å². The number of nitrogens with one attached hydrogen (secondary N) is 1. The van der Waals surface area contributed by atoms with Gasteiger partial charge in [-0.2, -0.15) is 5.26 Å². The van der Waals surface area contributed by atoms with Crippen molar-refractivity contribution in [3.63, 3.8) is 0 Å². The molecule has 1 N–H and O–H groups in total. The van der Waals surface area contributed by atoms with Gasteiger partial charge in [0.1, 0.15) is 17.8 Å². The lowest BCUT2D eigenvalue weighted by Gasteiger charge is -2.14. The molecule has 0 spiro atoms. The van der Waals surface area contributed by atoms with Crippen molar-refractivity contribution < 1.29 is 19.2 Å². The molecule has 2 aromatic carbocycles. The maximum atomic E-state index is 12.6. The molecular weight excluding hydrogens is 424 g/mol. The molecule has 0 bridgehead atoms. The first-order valence-corrected chi connectivity index (χ1v) is 9.85. The van der Waals surface area contributed by atoms with Gasteiger partial charge in [0, 0.05) is 12.1 Å². The molecule has 0 saturated carbocycles. The number of methoxy groups -OCH3 is 1. The van der Waals surface area contributed by atoms with Crippen molar-refractivity contribution in [1.29, 1.82) is 5.26 Å². The molecule has 1 atom stereocenters. The highest BCUT2D eigenvalue weighted by atomic mass is 16.6. The Labute approximate surface area is 190 Å². The highest BCUT2D eigenvalue weighted by Gasteiger charge is 2.15. The van der Waals surface area contributed by atoms with E-state index in [1.807, 2.05) is 43.3 Å². The summed E-state index contributed by atoms with van der Waals surface area (Å²) in [4.78, 5) is 26.7. The van der Waals surface area contributed by atoms with Crippen molar-refractivity contribution in [2.45, 2.75) is 13.0 Å². The van der Waals surface area contributed by atoms with E-state index >= 15 is 0 Å². The topological polar surface area (TPSA) is 127 Å². The fourth-order valence-electron chi connectivity index (χ4n) is 2.93. The second-order valence-corrected chi connectivity index (χ2v) is 6.90. The maximum Gasteiger partial charge on any atom is 0.287 e. The van der Waals surface area contributed by atoms with E-state index in [0.717, 1.165) is 11.8 Å². The first-order valence-electron chi connectivity index (χ1n) is 9.85. The fourth-order valence-corrected chi connectivity index (χ4v) is 2.93. The van der Waals surface area contributed by atoms with E-state index in [0.29, 0.717) is 17.1 Å². The Balaban J connectivity index is 1.77. The lowest BCUT2D eigenvalue weighted by molar-refractivity contribution is -0.385. The molecule has 0 aliphatic carbocycles. The van der Waals surface area contributed by atoms with Crippen LogP contribution >= 0.6 is 0 Å². The van der Waals surface area contributed by atoms with Crippen molar-refractivity contribution in [2.24, 2.45) is 0 Å². The molecule has 33 heavy (non-hydrogen) atoms. The summed E-state index contributed by atoms with van der Waals surface area (Å²) >= 11 is 0. The van der Waals surface area contributed by atoms with Gasteiger partial charge in [0.2, 0.25) is 5.88 Å². The molecule has 166 valence electrons. The van der Waals surface area contributed by atoms with Crippen molar-refractivity contribution in [1.82, 2.24) is 10.3 Å². The van der Waals surface area contributed by atoms with Gasteiger partial charge in [0.05, 0.1) is 18.1 Å². The third-order valence-electron chi connectivity index (χ3n) is 4.66. The molecule has 3 aromatic rings. The molecule has 9 nitrogen and oxygen atoms in total. The van der Waals surface area contributed by atoms with Crippen LogP contribution in [0, 0.1) is 21.4 Å². The zero-order valence-corrected chi connectivity index (χ0v) is 17.9. The van der Waals surface area contributed by atoms with E-state index in [2.05, 4.69) is 10.3 Å². The van der Waals surface area contributed by atoms with Gasteiger partial charge in [-0.25, -0.2) is 4.98 Å². The third kappa shape index (κ3) is 5.92. The van der Waals surface area contributed by atoms with Crippen molar-refractivity contribution in [3.05, 3.63) is 93.7 Å². The van der Waals surface area contributed by atoms with Crippen LogP contribution in [0.2, 0.25) is 0 Å². The molecule has 0 saturated heterocycles. The molecule has 3 rings (SSSR count). The Morgan fingerprint density at radius 1 is 1.18 bits per heavy atom. The quantitative estimate of drug-likeness (QED) is 0.233. The zero-order valence-electron chi connectivity index (χ0n) is 17.9. The number of carbonyl (C=O) groups is 1. The van der Waals surface area contributed by atoms with E-state index in [4.69, 9.17) is 9.47 Å². The Hall–Kier alpha value is -4.71. The van der Waals surface area contributed by atoms with Crippen LogP contribution in [0.1, 0.15) is 24.1 Å². The average Bonchev–Trinajstić information content (AvgIpc) is 2.84. The Morgan fingerprint density at radius 3 is 2.55 bits per heavy atom. The number of aromatic nitrogens is 1. The summed E-state index contributed by atoms with van der Waals surface area (Å²) in [5, 5.41) is 23.0. The smallest absolute Gasteiger partial charge is 0.287 e. The van der Waals surface area contributed by atoms with E-state index in [1.165, 1.54) is 25.3 Å². The van der Waals surface area contributed by atoms with Gasteiger partial charge in [0.15, 0.2) is 11.5 Å². The number of hydrogen-bond acceptors (Lipinski definition) is 7.